The molecule has 2 aromatic rings. The standard InChI is InChI=1S/C20H24N2O7/c1-12(22-19(24)16-6-5-9-28-16)20(25)29-13(2)18(23)21-11-14-7-8-15(26-3)17(10-14)27-4/h5-10,12-13H,11H2,1-4H3,(H,21,23)(H,22,24)/t12-,13+/m0/s1. The number of esters is 1. The Kier molecular flexibility index (Phi) is 7.64. The highest BCUT2D eigenvalue weighted by molar-refractivity contribution is 5.94. The maximum atomic E-state index is 12.2. The molecule has 0 saturated carbocycles. The van der Waals surface area contributed by atoms with E-state index in [-0.39, 0.29) is 12.3 Å². The van der Waals surface area contributed by atoms with Crippen LogP contribution in [0.1, 0.15) is 30.0 Å². The van der Waals surface area contributed by atoms with Crippen LogP contribution in [0.4, 0.5) is 0 Å². The Morgan fingerprint density at radius 3 is 2.41 bits per heavy atom. The number of carbonyl (C=O) groups is 3. The Bertz CT molecular complexity index is 849. The Balaban J connectivity index is 1.83. The van der Waals surface area contributed by atoms with Gasteiger partial charge >= 0.3 is 5.97 Å². The van der Waals surface area contributed by atoms with Crippen LogP contribution >= 0.6 is 0 Å². The van der Waals surface area contributed by atoms with E-state index in [9.17, 15) is 14.4 Å². The molecule has 9 nitrogen and oxygen atoms in total. The summed E-state index contributed by atoms with van der Waals surface area (Å²) in [7, 11) is 3.06. The first-order chi connectivity index (χ1) is 13.8. The van der Waals surface area contributed by atoms with Crippen molar-refractivity contribution in [3.63, 3.8) is 0 Å². The molecule has 1 aromatic heterocycles. The Labute approximate surface area is 168 Å². The van der Waals surface area contributed by atoms with E-state index in [1.807, 2.05) is 0 Å². The van der Waals surface area contributed by atoms with Crippen molar-refractivity contribution >= 4 is 17.8 Å². The summed E-state index contributed by atoms with van der Waals surface area (Å²) in [4.78, 5) is 36.2. The minimum atomic E-state index is -1.04. The van der Waals surface area contributed by atoms with Gasteiger partial charge in [-0.05, 0) is 43.7 Å². The molecule has 29 heavy (non-hydrogen) atoms. The number of furan rings is 1. The molecule has 0 bridgehead atoms. The van der Waals surface area contributed by atoms with Crippen LogP contribution in [0.15, 0.2) is 41.0 Å². The van der Waals surface area contributed by atoms with Gasteiger partial charge in [0.1, 0.15) is 6.04 Å². The third-order valence-corrected chi connectivity index (χ3v) is 4.02. The molecule has 2 amide bonds. The van der Waals surface area contributed by atoms with Crippen molar-refractivity contribution in [3.8, 4) is 11.5 Å². The second-order valence-corrected chi connectivity index (χ2v) is 6.16. The van der Waals surface area contributed by atoms with Crippen molar-refractivity contribution < 1.29 is 33.0 Å². The maximum Gasteiger partial charge on any atom is 0.329 e. The van der Waals surface area contributed by atoms with Crippen LogP contribution in [0.5, 0.6) is 11.5 Å². The molecule has 156 valence electrons. The van der Waals surface area contributed by atoms with Crippen molar-refractivity contribution in [1.29, 1.82) is 0 Å². The van der Waals surface area contributed by atoms with E-state index < -0.39 is 29.9 Å². The summed E-state index contributed by atoms with van der Waals surface area (Å²) < 4.78 is 20.5. The number of nitrogens with one attached hydrogen (secondary N) is 2. The summed E-state index contributed by atoms with van der Waals surface area (Å²) in [6.45, 7) is 3.12. The smallest absolute Gasteiger partial charge is 0.329 e. The van der Waals surface area contributed by atoms with Crippen molar-refractivity contribution in [2.75, 3.05) is 14.2 Å². The number of benzene rings is 1. The van der Waals surface area contributed by atoms with E-state index in [1.165, 1.54) is 40.4 Å². The van der Waals surface area contributed by atoms with E-state index in [0.717, 1.165) is 5.56 Å². The highest BCUT2D eigenvalue weighted by Gasteiger charge is 2.24. The zero-order chi connectivity index (χ0) is 21.4. The fourth-order valence-corrected chi connectivity index (χ4v) is 2.39. The molecular weight excluding hydrogens is 380 g/mol. The molecule has 0 saturated heterocycles. The Morgan fingerprint density at radius 2 is 1.79 bits per heavy atom. The second-order valence-electron chi connectivity index (χ2n) is 6.16. The number of amides is 2. The first kappa shape index (κ1) is 21.8. The van der Waals surface area contributed by atoms with Crippen molar-refractivity contribution in [2.24, 2.45) is 0 Å². The summed E-state index contributed by atoms with van der Waals surface area (Å²) in [6.07, 6.45) is 0.313. The SMILES string of the molecule is COc1ccc(CNC(=O)[C@@H](C)OC(=O)[C@H](C)NC(=O)c2ccco2)cc1OC. The number of carbonyl (C=O) groups excluding carboxylic acids is 3. The third kappa shape index (κ3) is 6.00. The average Bonchev–Trinajstić information content (AvgIpc) is 3.26. The second kappa shape index (κ2) is 10.2. The lowest BCUT2D eigenvalue weighted by Gasteiger charge is -2.17. The van der Waals surface area contributed by atoms with Crippen LogP contribution in [-0.4, -0.2) is 44.1 Å². The predicted molar refractivity (Wildman–Crippen MR) is 103 cm³/mol. The zero-order valence-corrected chi connectivity index (χ0v) is 16.7. The van der Waals surface area contributed by atoms with Gasteiger partial charge in [-0.1, -0.05) is 6.07 Å². The number of rotatable bonds is 9. The molecule has 0 fully saturated rings. The van der Waals surface area contributed by atoms with Crippen LogP contribution in [0.25, 0.3) is 0 Å². The van der Waals surface area contributed by atoms with Gasteiger partial charge in [-0.2, -0.15) is 0 Å². The minimum Gasteiger partial charge on any atom is -0.493 e. The molecule has 0 aliphatic heterocycles. The van der Waals surface area contributed by atoms with Gasteiger partial charge in [-0.15, -0.1) is 0 Å². The molecule has 0 radical (unpaired) electrons. The first-order valence-corrected chi connectivity index (χ1v) is 8.89. The molecule has 0 aliphatic rings. The van der Waals surface area contributed by atoms with Gasteiger partial charge in [0, 0.05) is 6.54 Å². The van der Waals surface area contributed by atoms with Gasteiger partial charge in [0.05, 0.1) is 20.5 Å². The Morgan fingerprint density at radius 1 is 1.07 bits per heavy atom. The van der Waals surface area contributed by atoms with Crippen LogP contribution in [-0.2, 0) is 20.9 Å². The molecule has 2 rings (SSSR count). The fraction of sp³-hybridized carbons (Fsp3) is 0.350. The maximum absolute atomic E-state index is 12.2. The van der Waals surface area contributed by atoms with Gasteiger partial charge in [0.2, 0.25) is 0 Å². The number of methoxy groups -OCH3 is 2. The summed E-state index contributed by atoms with van der Waals surface area (Å²) in [6, 6.07) is 7.33. The molecule has 0 spiro atoms. The van der Waals surface area contributed by atoms with Gasteiger partial charge in [-0.3, -0.25) is 9.59 Å². The van der Waals surface area contributed by atoms with Crippen molar-refractivity contribution in [1.82, 2.24) is 10.6 Å². The lowest BCUT2D eigenvalue weighted by Crippen LogP contribution is -2.43. The van der Waals surface area contributed by atoms with Crippen LogP contribution in [0.3, 0.4) is 0 Å². The summed E-state index contributed by atoms with van der Waals surface area (Å²) in [5, 5.41) is 5.12. The summed E-state index contributed by atoms with van der Waals surface area (Å²) in [5.41, 5.74) is 0.786. The van der Waals surface area contributed by atoms with Gasteiger partial charge in [0.15, 0.2) is 23.4 Å². The summed E-state index contributed by atoms with van der Waals surface area (Å²) >= 11 is 0. The molecular formula is C20H24N2O7. The third-order valence-electron chi connectivity index (χ3n) is 4.02. The molecule has 0 aliphatic carbocycles. The van der Waals surface area contributed by atoms with Crippen molar-refractivity contribution in [2.45, 2.75) is 32.5 Å². The Hall–Kier alpha value is -3.49. The minimum absolute atomic E-state index is 0.0744. The molecule has 2 atom stereocenters. The van der Waals surface area contributed by atoms with E-state index in [2.05, 4.69) is 10.6 Å². The van der Waals surface area contributed by atoms with Gasteiger partial charge < -0.3 is 29.3 Å². The van der Waals surface area contributed by atoms with Gasteiger partial charge in [0.25, 0.3) is 11.8 Å². The highest BCUT2D eigenvalue weighted by atomic mass is 16.5. The average molecular weight is 404 g/mol. The lowest BCUT2D eigenvalue weighted by molar-refractivity contribution is -0.156. The molecule has 1 aromatic carbocycles. The van der Waals surface area contributed by atoms with E-state index in [1.54, 1.807) is 24.3 Å². The fourth-order valence-electron chi connectivity index (χ4n) is 2.39. The highest BCUT2D eigenvalue weighted by Crippen LogP contribution is 2.27. The number of ether oxygens (including phenoxy) is 3. The molecule has 9 heteroatoms. The predicted octanol–water partition coefficient (Wildman–Crippen LogP) is 1.66. The van der Waals surface area contributed by atoms with Gasteiger partial charge in [-0.25, -0.2) is 4.79 Å². The van der Waals surface area contributed by atoms with E-state index in [4.69, 9.17) is 18.6 Å². The first-order valence-electron chi connectivity index (χ1n) is 8.89. The molecule has 2 N–H and O–H groups in total. The largest absolute Gasteiger partial charge is 0.493 e. The quantitative estimate of drug-likeness (QED) is 0.611. The topological polar surface area (TPSA) is 116 Å². The van der Waals surface area contributed by atoms with Crippen molar-refractivity contribution in [3.05, 3.63) is 47.9 Å². The van der Waals surface area contributed by atoms with Crippen LogP contribution < -0.4 is 20.1 Å². The molecule has 1 heterocycles. The van der Waals surface area contributed by atoms with Crippen LogP contribution in [0.2, 0.25) is 0 Å². The monoisotopic (exact) mass is 404 g/mol. The summed E-state index contributed by atoms with van der Waals surface area (Å²) in [5.74, 6) is -0.568. The number of hydrogen-bond acceptors (Lipinski definition) is 7. The zero-order valence-electron chi connectivity index (χ0n) is 16.7. The normalized spacial score (nSPS) is 12.4. The lowest BCUT2D eigenvalue weighted by atomic mass is 10.2. The van der Waals surface area contributed by atoms with E-state index in [0.29, 0.717) is 11.5 Å². The molecule has 0 unspecified atom stereocenters. The number of hydrogen-bond donors (Lipinski definition) is 2. The van der Waals surface area contributed by atoms with Crippen LogP contribution in [0, 0.1) is 0 Å². The van der Waals surface area contributed by atoms with E-state index >= 15 is 0 Å².